The molecule has 0 radical (unpaired) electrons. The molecule has 0 aliphatic heterocycles. The number of unbranched alkanes of at least 4 members (excludes halogenated alkanes) is 22. The van der Waals surface area contributed by atoms with Crippen LogP contribution in [0.1, 0.15) is 168 Å². The van der Waals surface area contributed by atoms with Gasteiger partial charge in [-0.2, -0.15) is 0 Å². The van der Waals surface area contributed by atoms with E-state index in [2.05, 4.69) is 86.6 Å². The quantitative estimate of drug-likeness (QED) is 0.0532. The highest BCUT2D eigenvalue weighted by Crippen LogP contribution is 2.45. The molecule has 50 heavy (non-hydrogen) atoms. The molecule has 0 unspecified atom stereocenters. The van der Waals surface area contributed by atoms with Crippen LogP contribution in [0.25, 0.3) is 32.7 Å². The molecule has 0 fully saturated rings. The van der Waals surface area contributed by atoms with E-state index >= 15 is 0 Å². The standard InChI is InChI=1S/C48H70O2/c1-3-5-7-9-11-13-15-17-19-21-23-29-39-49-45-37-35-41-31-25-27-33-43(41)47(45)48-44-34-28-26-32-42(44)36-38-46(48)50-40-30-24-22-20-18-16-14-12-10-8-6-4-2/h25-28,31-38H,3-24,29-30,39-40H2,1-2H3. The molecule has 0 heterocycles. The fourth-order valence-electron chi connectivity index (χ4n) is 7.51. The summed E-state index contributed by atoms with van der Waals surface area (Å²) < 4.78 is 13.3. The van der Waals surface area contributed by atoms with Gasteiger partial charge in [-0.15, -0.1) is 0 Å². The van der Waals surface area contributed by atoms with E-state index < -0.39 is 0 Å². The normalized spacial score (nSPS) is 11.5. The predicted octanol–water partition coefficient (Wildman–Crippen LogP) is 15.8. The van der Waals surface area contributed by atoms with Crippen LogP contribution in [0.2, 0.25) is 0 Å². The zero-order valence-corrected chi connectivity index (χ0v) is 32.1. The Morgan fingerprint density at radius 3 is 0.960 bits per heavy atom. The summed E-state index contributed by atoms with van der Waals surface area (Å²) in [5.74, 6) is 1.94. The zero-order valence-electron chi connectivity index (χ0n) is 32.1. The van der Waals surface area contributed by atoms with E-state index in [1.165, 1.54) is 174 Å². The molecular weight excluding hydrogens is 609 g/mol. The van der Waals surface area contributed by atoms with E-state index in [0.717, 1.165) is 37.6 Å². The van der Waals surface area contributed by atoms with Crippen molar-refractivity contribution >= 4 is 21.5 Å². The Morgan fingerprint density at radius 1 is 0.320 bits per heavy atom. The average Bonchev–Trinajstić information content (AvgIpc) is 3.15. The van der Waals surface area contributed by atoms with Crippen molar-refractivity contribution in [2.45, 2.75) is 168 Å². The first-order chi connectivity index (χ1) is 24.8. The fourth-order valence-corrected chi connectivity index (χ4v) is 7.51. The van der Waals surface area contributed by atoms with Crippen molar-refractivity contribution < 1.29 is 9.47 Å². The molecule has 0 saturated carbocycles. The van der Waals surface area contributed by atoms with Gasteiger partial charge in [0, 0.05) is 11.1 Å². The number of fused-ring (bicyclic) bond motifs is 2. The van der Waals surface area contributed by atoms with Crippen LogP contribution in [-0.4, -0.2) is 13.2 Å². The summed E-state index contributed by atoms with van der Waals surface area (Å²) in [6, 6.07) is 26.3. The second-order valence-corrected chi connectivity index (χ2v) is 14.8. The van der Waals surface area contributed by atoms with Crippen LogP contribution in [0.15, 0.2) is 72.8 Å². The summed E-state index contributed by atoms with van der Waals surface area (Å²) in [6.45, 7) is 6.10. The molecular formula is C48H70O2. The Morgan fingerprint density at radius 2 is 0.620 bits per heavy atom. The van der Waals surface area contributed by atoms with Gasteiger partial charge in [0.1, 0.15) is 11.5 Å². The van der Waals surface area contributed by atoms with Crippen molar-refractivity contribution in [2.24, 2.45) is 0 Å². The van der Waals surface area contributed by atoms with Crippen molar-refractivity contribution in [3.63, 3.8) is 0 Å². The van der Waals surface area contributed by atoms with E-state index in [9.17, 15) is 0 Å². The highest BCUT2D eigenvalue weighted by Gasteiger charge is 2.19. The van der Waals surface area contributed by atoms with Crippen LogP contribution >= 0.6 is 0 Å². The Kier molecular flexibility index (Phi) is 19.9. The maximum Gasteiger partial charge on any atom is 0.127 e. The molecule has 4 rings (SSSR count). The van der Waals surface area contributed by atoms with Gasteiger partial charge in [0.15, 0.2) is 0 Å². The van der Waals surface area contributed by atoms with E-state index in [0.29, 0.717) is 0 Å². The molecule has 4 aromatic carbocycles. The highest BCUT2D eigenvalue weighted by atomic mass is 16.5. The minimum Gasteiger partial charge on any atom is -0.493 e. The van der Waals surface area contributed by atoms with E-state index in [-0.39, 0.29) is 0 Å². The first kappa shape index (κ1) is 39.8. The lowest BCUT2D eigenvalue weighted by Crippen LogP contribution is -2.02. The lowest BCUT2D eigenvalue weighted by Gasteiger charge is -2.20. The van der Waals surface area contributed by atoms with Crippen LogP contribution < -0.4 is 9.47 Å². The zero-order chi connectivity index (χ0) is 34.9. The van der Waals surface area contributed by atoms with Crippen molar-refractivity contribution in [3.8, 4) is 22.6 Å². The summed E-state index contributed by atoms with van der Waals surface area (Å²) in [5.41, 5.74) is 2.34. The Labute approximate surface area is 306 Å². The lowest BCUT2D eigenvalue weighted by molar-refractivity contribution is 0.301. The second-order valence-electron chi connectivity index (χ2n) is 14.8. The van der Waals surface area contributed by atoms with Gasteiger partial charge in [-0.25, -0.2) is 0 Å². The maximum absolute atomic E-state index is 6.66. The molecule has 2 heteroatoms. The molecule has 2 nitrogen and oxygen atoms in total. The molecule has 0 spiro atoms. The molecule has 0 amide bonds. The van der Waals surface area contributed by atoms with E-state index in [1.54, 1.807) is 0 Å². The SMILES string of the molecule is CCCCCCCCCCCCCCOc1ccc2ccccc2c1-c1c(OCCCCCCCCCCCCCC)ccc2ccccc12. The molecule has 274 valence electrons. The summed E-state index contributed by atoms with van der Waals surface area (Å²) in [5, 5.41) is 4.93. The predicted molar refractivity (Wildman–Crippen MR) is 220 cm³/mol. The highest BCUT2D eigenvalue weighted by molar-refractivity contribution is 6.09. The van der Waals surface area contributed by atoms with E-state index in [4.69, 9.17) is 9.47 Å². The first-order valence-electron chi connectivity index (χ1n) is 21.1. The summed E-state index contributed by atoms with van der Waals surface area (Å²) in [6.07, 6.45) is 32.4. The minimum atomic E-state index is 0.753. The van der Waals surface area contributed by atoms with Crippen LogP contribution in [0.3, 0.4) is 0 Å². The molecule has 0 atom stereocenters. The van der Waals surface area contributed by atoms with Gasteiger partial charge in [0.25, 0.3) is 0 Å². The summed E-state index contributed by atoms with van der Waals surface area (Å²) in [7, 11) is 0. The van der Waals surface area contributed by atoms with E-state index in [1.807, 2.05) is 0 Å². The largest absolute Gasteiger partial charge is 0.493 e. The third-order valence-corrected chi connectivity index (χ3v) is 10.5. The molecule has 0 saturated heterocycles. The summed E-state index contributed by atoms with van der Waals surface area (Å²) in [4.78, 5) is 0. The smallest absolute Gasteiger partial charge is 0.127 e. The first-order valence-corrected chi connectivity index (χ1v) is 21.1. The molecule has 0 bridgehead atoms. The Bertz CT molecular complexity index is 1340. The second kappa shape index (κ2) is 25.0. The topological polar surface area (TPSA) is 18.5 Å². The van der Waals surface area contributed by atoms with Crippen molar-refractivity contribution in [1.29, 1.82) is 0 Å². The van der Waals surface area contributed by atoms with Crippen molar-refractivity contribution in [1.82, 2.24) is 0 Å². The molecule has 4 aromatic rings. The van der Waals surface area contributed by atoms with Crippen molar-refractivity contribution in [2.75, 3.05) is 13.2 Å². The number of benzene rings is 4. The molecule has 0 N–H and O–H groups in total. The maximum atomic E-state index is 6.66. The van der Waals surface area contributed by atoms with Gasteiger partial charge in [0.05, 0.1) is 13.2 Å². The minimum absolute atomic E-state index is 0.753. The Balaban J connectivity index is 1.32. The van der Waals surface area contributed by atoms with Crippen LogP contribution in [-0.2, 0) is 0 Å². The fraction of sp³-hybridized carbons (Fsp3) is 0.583. The third-order valence-electron chi connectivity index (χ3n) is 10.5. The molecule has 0 aliphatic carbocycles. The lowest BCUT2D eigenvalue weighted by atomic mass is 9.92. The molecule has 0 aromatic heterocycles. The van der Waals surface area contributed by atoms with Gasteiger partial charge in [-0.05, 0) is 46.5 Å². The monoisotopic (exact) mass is 679 g/mol. The number of hydrogen-bond acceptors (Lipinski definition) is 2. The van der Waals surface area contributed by atoms with Crippen molar-refractivity contribution in [3.05, 3.63) is 72.8 Å². The van der Waals surface area contributed by atoms with Crippen LogP contribution in [0.5, 0.6) is 11.5 Å². The van der Waals surface area contributed by atoms with Gasteiger partial charge in [0.2, 0.25) is 0 Å². The van der Waals surface area contributed by atoms with Gasteiger partial charge in [-0.3, -0.25) is 0 Å². The summed E-state index contributed by atoms with van der Waals surface area (Å²) >= 11 is 0. The van der Waals surface area contributed by atoms with Gasteiger partial charge >= 0.3 is 0 Å². The Hall–Kier alpha value is -3.00. The molecule has 0 aliphatic rings. The number of rotatable bonds is 29. The van der Waals surface area contributed by atoms with Crippen LogP contribution in [0, 0.1) is 0 Å². The van der Waals surface area contributed by atoms with Gasteiger partial charge < -0.3 is 9.47 Å². The average molecular weight is 679 g/mol. The number of ether oxygens (including phenoxy) is 2. The van der Waals surface area contributed by atoms with Crippen LogP contribution in [0.4, 0.5) is 0 Å². The third kappa shape index (κ3) is 14.0. The van der Waals surface area contributed by atoms with Gasteiger partial charge in [-0.1, -0.05) is 216 Å². The number of hydrogen-bond donors (Lipinski definition) is 0.